The van der Waals surface area contributed by atoms with Gasteiger partial charge in [-0.2, -0.15) is 0 Å². The van der Waals surface area contributed by atoms with E-state index in [1.54, 1.807) is 0 Å². The molecule has 6 rings (SSSR count). The van der Waals surface area contributed by atoms with Gasteiger partial charge in [-0.25, -0.2) is 0 Å². The van der Waals surface area contributed by atoms with Gasteiger partial charge in [-0.05, 0) is 61.5 Å². The molecule has 4 aliphatic carbocycles. The standard InChI is InChI=1S/C26H30N2O2/c29-25(23-17-7-1-2-8-18(17)23)27-21-13-5-12-16-15(21)11-6-14-22(16)28-26(30)24-19-9-3-4-10-20(19)24/h5-6,11-14,17-20,23-24H,1-4,7-10H2,(H,27,29)(H,28,30)/t17-,18-,19-,20+,24?/m0/s1. The van der Waals surface area contributed by atoms with Gasteiger partial charge in [0.25, 0.3) is 0 Å². The third-order valence-corrected chi connectivity index (χ3v) is 8.36. The van der Waals surface area contributed by atoms with E-state index in [4.69, 9.17) is 0 Å². The first-order valence-electron chi connectivity index (χ1n) is 11.9. The molecular formula is C26H30N2O2. The molecule has 4 nitrogen and oxygen atoms in total. The van der Waals surface area contributed by atoms with E-state index in [1.807, 2.05) is 36.4 Å². The van der Waals surface area contributed by atoms with Crippen LogP contribution in [0.25, 0.3) is 10.8 Å². The van der Waals surface area contributed by atoms with Gasteiger partial charge in [0.15, 0.2) is 0 Å². The molecule has 0 aromatic heterocycles. The Morgan fingerprint density at radius 3 is 1.33 bits per heavy atom. The van der Waals surface area contributed by atoms with Crippen LogP contribution >= 0.6 is 0 Å². The molecule has 2 N–H and O–H groups in total. The van der Waals surface area contributed by atoms with Crippen molar-refractivity contribution in [3.8, 4) is 0 Å². The molecule has 0 radical (unpaired) electrons. The number of anilines is 2. The van der Waals surface area contributed by atoms with Crippen molar-refractivity contribution in [1.82, 2.24) is 0 Å². The second-order valence-electron chi connectivity index (χ2n) is 9.96. The van der Waals surface area contributed by atoms with Crippen LogP contribution in [0, 0.1) is 35.5 Å². The maximum atomic E-state index is 12.9. The van der Waals surface area contributed by atoms with Crippen LogP contribution in [0.4, 0.5) is 11.4 Å². The molecule has 0 heterocycles. The van der Waals surface area contributed by atoms with E-state index in [9.17, 15) is 9.59 Å². The van der Waals surface area contributed by atoms with Crippen molar-refractivity contribution in [2.45, 2.75) is 51.4 Å². The molecule has 156 valence electrons. The van der Waals surface area contributed by atoms with E-state index in [0.29, 0.717) is 23.7 Å². The van der Waals surface area contributed by atoms with E-state index >= 15 is 0 Å². The van der Waals surface area contributed by atoms with Crippen LogP contribution in [-0.4, -0.2) is 11.8 Å². The minimum absolute atomic E-state index is 0.177. The number of amides is 2. The number of hydrogen-bond acceptors (Lipinski definition) is 2. The molecule has 30 heavy (non-hydrogen) atoms. The normalized spacial score (nSPS) is 33.9. The fraction of sp³-hybridized carbons (Fsp3) is 0.538. The first-order valence-corrected chi connectivity index (χ1v) is 11.9. The Kier molecular flexibility index (Phi) is 4.36. The Hall–Kier alpha value is -2.36. The molecule has 4 fully saturated rings. The molecule has 4 heteroatoms. The molecule has 0 saturated heterocycles. The highest BCUT2D eigenvalue weighted by molar-refractivity contribution is 6.10. The van der Waals surface area contributed by atoms with Crippen LogP contribution in [0.3, 0.4) is 0 Å². The van der Waals surface area contributed by atoms with Crippen LogP contribution in [0.2, 0.25) is 0 Å². The Morgan fingerprint density at radius 2 is 0.967 bits per heavy atom. The first kappa shape index (κ1) is 18.4. The highest BCUT2D eigenvalue weighted by Gasteiger charge is 2.55. The highest BCUT2D eigenvalue weighted by Crippen LogP contribution is 2.56. The van der Waals surface area contributed by atoms with Gasteiger partial charge in [0, 0.05) is 34.0 Å². The highest BCUT2D eigenvalue weighted by atomic mass is 16.2. The van der Waals surface area contributed by atoms with Gasteiger partial charge in [-0.3, -0.25) is 9.59 Å². The number of carbonyl (C=O) groups excluding carboxylic acids is 2. The van der Waals surface area contributed by atoms with Crippen molar-refractivity contribution in [1.29, 1.82) is 0 Å². The number of carbonyl (C=O) groups is 2. The Bertz CT molecular complexity index is 910. The quantitative estimate of drug-likeness (QED) is 0.700. The minimum Gasteiger partial charge on any atom is -0.325 e. The third kappa shape index (κ3) is 3.03. The molecule has 0 aliphatic heterocycles. The average molecular weight is 403 g/mol. The largest absolute Gasteiger partial charge is 0.325 e. The number of fused-ring (bicyclic) bond motifs is 3. The van der Waals surface area contributed by atoms with E-state index in [-0.39, 0.29) is 23.7 Å². The van der Waals surface area contributed by atoms with Crippen molar-refractivity contribution in [3.63, 3.8) is 0 Å². The molecule has 2 amide bonds. The zero-order valence-corrected chi connectivity index (χ0v) is 17.4. The monoisotopic (exact) mass is 402 g/mol. The van der Waals surface area contributed by atoms with Crippen molar-refractivity contribution >= 4 is 34.0 Å². The number of benzene rings is 2. The fourth-order valence-corrected chi connectivity index (χ4v) is 6.72. The number of rotatable bonds is 4. The van der Waals surface area contributed by atoms with Crippen molar-refractivity contribution < 1.29 is 9.59 Å². The third-order valence-electron chi connectivity index (χ3n) is 8.36. The predicted molar refractivity (Wildman–Crippen MR) is 119 cm³/mol. The summed E-state index contributed by atoms with van der Waals surface area (Å²) in [5.41, 5.74) is 1.72. The summed E-state index contributed by atoms with van der Waals surface area (Å²) >= 11 is 0. The molecule has 0 bridgehead atoms. The molecular weight excluding hydrogens is 372 g/mol. The lowest BCUT2D eigenvalue weighted by molar-refractivity contribution is -0.118. The molecule has 4 saturated carbocycles. The summed E-state index contributed by atoms with van der Waals surface area (Å²) in [7, 11) is 0. The van der Waals surface area contributed by atoms with Crippen LogP contribution < -0.4 is 10.6 Å². The first-order chi connectivity index (χ1) is 14.7. The number of nitrogens with one attached hydrogen (secondary N) is 2. The van der Waals surface area contributed by atoms with Crippen LogP contribution in [0.15, 0.2) is 36.4 Å². The fourth-order valence-electron chi connectivity index (χ4n) is 6.72. The summed E-state index contributed by atoms with van der Waals surface area (Å²) in [5, 5.41) is 8.42. The summed E-state index contributed by atoms with van der Waals surface area (Å²) < 4.78 is 0. The predicted octanol–water partition coefficient (Wildman–Crippen LogP) is 5.59. The Labute approximate surface area is 177 Å². The lowest BCUT2D eigenvalue weighted by Crippen LogP contribution is -2.17. The summed E-state index contributed by atoms with van der Waals surface area (Å²) in [4.78, 5) is 25.8. The van der Waals surface area contributed by atoms with E-state index in [1.165, 1.54) is 51.4 Å². The molecule has 2 aromatic carbocycles. The van der Waals surface area contributed by atoms with Gasteiger partial charge >= 0.3 is 0 Å². The van der Waals surface area contributed by atoms with Gasteiger partial charge in [-0.1, -0.05) is 49.9 Å². The summed E-state index contributed by atoms with van der Waals surface area (Å²) in [6.45, 7) is 0. The summed E-state index contributed by atoms with van der Waals surface area (Å²) in [6.07, 6.45) is 9.90. The average Bonchev–Trinajstić information content (AvgIpc) is 3.67. The lowest BCUT2D eigenvalue weighted by Gasteiger charge is -2.13. The van der Waals surface area contributed by atoms with Gasteiger partial charge < -0.3 is 10.6 Å². The van der Waals surface area contributed by atoms with Crippen LogP contribution in [0.1, 0.15) is 51.4 Å². The maximum Gasteiger partial charge on any atom is 0.228 e. The molecule has 5 atom stereocenters. The van der Waals surface area contributed by atoms with Gasteiger partial charge in [-0.15, -0.1) is 0 Å². The summed E-state index contributed by atoms with van der Waals surface area (Å²) in [5.74, 6) is 3.16. The van der Waals surface area contributed by atoms with Crippen molar-refractivity contribution in [2.24, 2.45) is 35.5 Å². The van der Waals surface area contributed by atoms with E-state index < -0.39 is 0 Å². The van der Waals surface area contributed by atoms with Crippen molar-refractivity contribution in [2.75, 3.05) is 10.6 Å². The summed E-state index contributed by atoms with van der Waals surface area (Å²) in [6, 6.07) is 12.0. The van der Waals surface area contributed by atoms with Crippen LogP contribution in [-0.2, 0) is 9.59 Å². The van der Waals surface area contributed by atoms with Gasteiger partial charge in [0.2, 0.25) is 11.8 Å². The Balaban J connectivity index is 1.21. The zero-order valence-electron chi connectivity index (χ0n) is 17.4. The topological polar surface area (TPSA) is 58.2 Å². The maximum absolute atomic E-state index is 12.9. The smallest absolute Gasteiger partial charge is 0.228 e. The number of hydrogen-bond donors (Lipinski definition) is 2. The lowest BCUT2D eigenvalue weighted by atomic mass is 10.0. The minimum atomic E-state index is 0.177. The van der Waals surface area contributed by atoms with E-state index in [0.717, 1.165) is 22.1 Å². The van der Waals surface area contributed by atoms with Crippen molar-refractivity contribution in [3.05, 3.63) is 36.4 Å². The van der Waals surface area contributed by atoms with E-state index in [2.05, 4.69) is 10.6 Å². The second-order valence-corrected chi connectivity index (χ2v) is 9.96. The van der Waals surface area contributed by atoms with Gasteiger partial charge in [0.05, 0.1) is 0 Å². The zero-order chi connectivity index (χ0) is 20.2. The Morgan fingerprint density at radius 1 is 0.600 bits per heavy atom. The molecule has 4 aliphatic rings. The molecule has 1 unspecified atom stereocenters. The second kappa shape index (κ2) is 7.11. The SMILES string of the molecule is O=C(Nc1cccc2c(NC(=O)C3[C@H]4CCCC[C@@H]34)cccc12)C1[C@H]2CCCC[C@H]12. The molecule has 0 spiro atoms. The van der Waals surface area contributed by atoms with Gasteiger partial charge in [0.1, 0.15) is 0 Å². The van der Waals surface area contributed by atoms with Crippen LogP contribution in [0.5, 0.6) is 0 Å². The molecule has 2 aromatic rings.